The molecule has 0 aromatic rings. The average molecular weight is 331 g/mol. The van der Waals surface area contributed by atoms with Crippen LogP contribution in [0.5, 0.6) is 0 Å². The van der Waals surface area contributed by atoms with Gasteiger partial charge in [-0.05, 0) is 12.2 Å². The number of rotatable bonds is 4. The number of aliphatic imine (C=N–C) groups is 1. The summed E-state index contributed by atoms with van der Waals surface area (Å²) in [6, 6.07) is -0.310. The molecule has 1 aliphatic heterocycles. The number of hydrogen-bond acceptors (Lipinski definition) is 6. The van der Waals surface area contributed by atoms with Gasteiger partial charge >= 0.3 is 59.1 Å². The van der Waals surface area contributed by atoms with Crippen LogP contribution in [0.3, 0.4) is 0 Å². The van der Waals surface area contributed by atoms with Gasteiger partial charge in [0.25, 0.3) is 0 Å². The Morgan fingerprint density at radius 1 is 1.52 bits per heavy atom. The molecule has 1 aliphatic carbocycles. The predicted molar refractivity (Wildman–Crippen MR) is 66.0 cm³/mol. The summed E-state index contributed by atoms with van der Waals surface area (Å²) in [6.07, 6.45) is 3.58. The molecule has 0 amide bonds. The molecule has 2 N–H and O–H groups in total. The third kappa shape index (κ3) is 6.03. The molecule has 2 unspecified atom stereocenters. The first-order valence-corrected chi connectivity index (χ1v) is 6.94. The first-order valence-electron chi connectivity index (χ1n) is 5.57. The second kappa shape index (κ2) is 9.78. The van der Waals surface area contributed by atoms with E-state index in [-0.39, 0.29) is 65.2 Å². The van der Waals surface area contributed by atoms with Crippen molar-refractivity contribution in [1.29, 1.82) is 0 Å². The zero-order chi connectivity index (χ0) is 14.0. The van der Waals surface area contributed by atoms with Crippen molar-refractivity contribution in [2.75, 3.05) is 6.35 Å². The monoisotopic (exact) mass is 331 g/mol. The first-order chi connectivity index (χ1) is 8.97. The minimum atomic E-state index is -2.68. The quantitative estimate of drug-likeness (QED) is 0.408. The summed E-state index contributed by atoms with van der Waals surface area (Å²) in [4.78, 5) is 26.5. The van der Waals surface area contributed by atoms with E-state index in [4.69, 9.17) is 10.5 Å². The molecule has 21 heavy (non-hydrogen) atoms. The van der Waals surface area contributed by atoms with E-state index >= 15 is 0 Å². The third-order valence-corrected chi connectivity index (χ3v) is 3.18. The Balaban J connectivity index is 0.00000200. The van der Waals surface area contributed by atoms with Gasteiger partial charge in [-0.1, -0.05) is 6.58 Å². The minimum Gasteiger partial charge on any atom is -0.840 e. The van der Waals surface area contributed by atoms with E-state index in [1.54, 1.807) is 17.2 Å². The number of nitrogens with two attached hydrogens (primary N) is 1. The Morgan fingerprint density at radius 2 is 2.19 bits per heavy atom. The molecule has 104 valence electrons. The summed E-state index contributed by atoms with van der Waals surface area (Å²) in [5.41, 5.74) is 5.52. The number of nitrogens with zero attached hydrogens (tertiary/aromatic N) is 2. The van der Waals surface area contributed by atoms with Gasteiger partial charge in [0.05, 0.1) is 6.04 Å². The van der Waals surface area contributed by atoms with E-state index in [0.29, 0.717) is 18.1 Å². The SMILES string of the molecule is C=C1N=C(N)C=CN1C1C=C(F)C(OCP([O-])[O-])C1.[Na+].[Na+]. The molecule has 0 spiro atoms. The molecule has 0 aromatic carbocycles. The molecule has 6 nitrogen and oxygen atoms in total. The normalized spacial score (nSPS) is 24.4. The predicted octanol–water partition coefficient (Wildman–Crippen LogP) is -6.35. The molecule has 1 heterocycles. The molecule has 2 atom stereocenters. The van der Waals surface area contributed by atoms with Crippen molar-refractivity contribution in [3.05, 3.63) is 36.6 Å². The number of hydrogen-bond donors (Lipinski definition) is 1. The molecule has 0 saturated carbocycles. The van der Waals surface area contributed by atoms with Crippen molar-refractivity contribution in [2.45, 2.75) is 18.6 Å². The Bertz CT molecular complexity index is 474. The molecule has 0 saturated heterocycles. The fourth-order valence-electron chi connectivity index (χ4n) is 1.97. The van der Waals surface area contributed by atoms with E-state index in [0.717, 1.165) is 0 Å². The maximum Gasteiger partial charge on any atom is 1.00 e. The van der Waals surface area contributed by atoms with Crippen molar-refractivity contribution in [3.63, 3.8) is 0 Å². The van der Waals surface area contributed by atoms with Gasteiger partial charge in [-0.25, -0.2) is 9.38 Å². The molecule has 0 bridgehead atoms. The van der Waals surface area contributed by atoms with Crippen molar-refractivity contribution in [3.8, 4) is 0 Å². The number of halogens is 1. The second-order valence-corrected chi connectivity index (χ2v) is 5.07. The summed E-state index contributed by atoms with van der Waals surface area (Å²) in [5.74, 6) is 0.259. The molecular weight excluding hydrogens is 318 g/mol. The molecule has 0 aromatic heterocycles. The van der Waals surface area contributed by atoms with Gasteiger partial charge in [0.1, 0.15) is 23.6 Å². The largest absolute Gasteiger partial charge is 1.00 e. The Morgan fingerprint density at radius 3 is 2.76 bits per heavy atom. The van der Waals surface area contributed by atoms with Crippen molar-refractivity contribution in [1.82, 2.24) is 4.90 Å². The maximum absolute atomic E-state index is 13.6. The van der Waals surface area contributed by atoms with Crippen LogP contribution >= 0.6 is 8.38 Å². The summed E-state index contributed by atoms with van der Waals surface area (Å²) in [5, 5.41) is 0. The smallest absolute Gasteiger partial charge is 0.840 e. The van der Waals surface area contributed by atoms with Crippen LogP contribution in [0.15, 0.2) is 41.6 Å². The molecular formula is C11H13FN3Na2O3P. The van der Waals surface area contributed by atoms with Crippen molar-refractivity contribution >= 4 is 14.2 Å². The van der Waals surface area contributed by atoms with Gasteiger partial charge in [-0.15, -0.1) is 0 Å². The molecule has 10 heteroatoms. The van der Waals surface area contributed by atoms with Crippen molar-refractivity contribution in [2.24, 2.45) is 10.7 Å². The zero-order valence-corrected chi connectivity index (χ0v) is 16.9. The third-order valence-electron chi connectivity index (χ3n) is 2.82. The summed E-state index contributed by atoms with van der Waals surface area (Å²) in [6.45, 7) is 3.73. The average Bonchev–Trinajstić information content (AvgIpc) is 2.67. The molecule has 0 fully saturated rings. The molecule has 2 rings (SSSR count). The van der Waals surface area contributed by atoms with Gasteiger partial charge in [0, 0.05) is 19.0 Å². The first kappa shape index (κ1) is 21.7. The van der Waals surface area contributed by atoms with Gasteiger partial charge < -0.3 is 25.2 Å². The summed E-state index contributed by atoms with van der Waals surface area (Å²) in [7, 11) is -2.68. The van der Waals surface area contributed by atoms with Crippen LogP contribution in [-0.2, 0) is 4.74 Å². The standard InChI is InChI=1S/C11H13FN3O3P.2Na/c1-7-14-11(13)2-3-15(7)8-4-9(12)10(5-8)18-6-19(16)17;;/h2-4,8,10H,1,5-6H2,(H2,13,14);;/q-2;2*+1. The van der Waals surface area contributed by atoms with Crippen LogP contribution in [0.4, 0.5) is 4.39 Å². The van der Waals surface area contributed by atoms with E-state index in [1.165, 1.54) is 6.08 Å². The summed E-state index contributed by atoms with van der Waals surface area (Å²) >= 11 is 0. The van der Waals surface area contributed by atoms with Crippen LogP contribution in [0.25, 0.3) is 0 Å². The van der Waals surface area contributed by atoms with Gasteiger partial charge in [-0.2, -0.15) is 0 Å². The fourth-order valence-corrected chi connectivity index (χ4v) is 2.27. The van der Waals surface area contributed by atoms with Crippen molar-refractivity contribution < 1.29 is 78.0 Å². The van der Waals surface area contributed by atoms with Crippen LogP contribution in [0.1, 0.15) is 6.42 Å². The second-order valence-electron chi connectivity index (χ2n) is 4.15. The van der Waals surface area contributed by atoms with E-state index in [2.05, 4.69) is 11.6 Å². The van der Waals surface area contributed by atoms with Gasteiger partial charge in [0.2, 0.25) is 0 Å². The number of amidine groups is 1. The fraction of sp³-hybridized carbons (Fsp3) is 0.364. The Hall–Kier alpha value is 0.730. The van der Waals surface area contributed by atoms with E-state index < -0.39 is 26.7 Å². The molecule has 0 radical (unpaired) electrons. The minimum absolute atomic E-state index is 0. The Kier molecular flexibility index (Phi) is 10.1. The maximum atomic E-state index is 13.6. The van der Waals surface area contributed by atoms with E-state index in [9.17, 15) is 14.2 Å². The van der Waals surface area contributed by atoms with Crippen LogP contribution in [0.2, 0.25) is 0 Å². The topological polar surface area (TPSA) is 97.0 Å². The molecule has 2 aliphatic rings. The van der Waals surface area contributed by atoms with Crippen LogP contribution in [-0.4, -0.2) is 29.2 Å². The number of ether oxygens (including phenoxy) is 1. The summed E-state index contributed by atoms with van der Waals surface area (Å²) < 4.78 is 18.6. The van der Waals surface area contributed by atoms with Crippen LogP contribution in [0, 0.1) is 0 Å². The van der Waals surface area contributed by atoms with Crippen LogP contribution < -0.4 is 74.6 Å². The Labute approximate surface area is 168 Å². The zero-order valence-electron chi connectivity index (χ0n) is 12.0. The van der Waals surface area contributed by atoms with E-state index in [1.807, 2.05) is 0 Å². The van der Waals surface area contributed by atoms with Gasteiger partial charge in [0.15, 0.2) is 0 Å². The van der Waals surface area contributed by atoms with Gasteiger partial charge in [-0.3, -0.25) is 8.38 Å².